The maximum absolute atomic E-state index is 11.1. The summed E-state index contributed by atoms with van der Waals surface area (Å²) >= 11 is 0. The van der Waals surface area contributed by atoms with Crippen LogP contribution < -0.4 is 5.32 Å². The molecule has 0 aliphatic carbocycles. The lowest BCUT2D eigenvalue weighted by Crippen LogP contribution is -2.29. The van der Waals surface area contributed by atoms with Crippen molar-refractivity contribution in [1.29, 1.82) is 0 Å². The van der Waals surface area contributed by atoms with Gasteiger partial charge in [0, 0.05) is 7.11 Å². The van der Waals surface area contributed by atoms with Crippen molar-refractivity contribution in [2.75, 3.05) is 33.4 Å². The Morgan fingerprint density at radius 2 is 2.25 bits per heavy atom. The Kier molecular flexibility index (Phi) is 10.4. The molecule has 0 saturated heterocycles. The molecule has 0 saturated carbocycles. The molecule has 0 spiro atoms. The fourth-order valence-electron chi connectivity index (χ4n) is 1.12. The van der Waals surface area contributed by atoms with Gasteiger partial charge in [-0.2, -0.15) is 0 Å². The minimum atomic E-state index is -0.478. The van der Waals surface area contributed by atoms with E-state index in [1.807, 2.05) is 6.92 Å². The monoisotopic (exact) mass is 233 g/mol. The van der Waals surface area contributed by atoms with Crippen molar-refractivity contribution in [3.05, 3.63) is 0 Å². The second-order valence-electron chi connectivity index (χ2n) is 3.65. The maximum Gasteiger partial charge on any atom is 0.319 e. The van der Waals surface area contributed by atoms with E-state index in [9.17, 15) is 9.90 Å². The number of carbonyl (C=O) groups excluding carboxylic acids is 1. The van der Waals surface area contributed by atoms with Crippen molar-refractivity contribution < 1.29 is 19.4 Å². The number of hydrogen-bond acceptors (Lipinski definition) is 5. The maximum atomic E-state index is 11.1. The zero-order chi connectivity index (χ0) is 12.2. The minimum absolute atomic E-state index is 0.198. The molecule has 2 N–H and O–H groups in total. The zero-order valence-electron chi connectivity index (χ0n) is 10.2. The van der Waals surface area contributed by atoms with Crippen molar-refractivity contribution in [2.24, 2.45) is 0 Å². The third kappa shape index (κ3) is 9.89. The number of aliphatic hydroxyl groups is 1. The third-order valence-corrected chi connectivity index (χ3v) is 2.04. The molecular formula is C11H23NO4. The lowest BCUT2D eigenvalue weighted by Gasteiger charge is -2.09. The summed E-state index contributed by atoms with van der Waals surface area (Å²) in [5, 5.41) is 12.2. The van der Waals surface area contributed by atoms with Gasteiger partial charge in [-0.05, 0) is 19.4 Å². The molecule has 0 aliphatic heterocycles. The van der Waals surface area contributed by atoms with Crippen LogP contribution in [0.2, 0.25) is 0 Å². The molecule has 1 atom stereocenters. The standard InChI is InChI=1S/C11H23NO4/c1-3-4-7-16-11(14)8-12-6-5-10(13)9-15-2/h10,12-13H,3-9H2,1-2H3. The van der Waals surface area contributed by atoms with E-state index in [-0.39, 0.29) is 12.5 Å². The number of ether oxygens (including phenoxy) is 2. The highest BCUT2D eigenvalue weighted by atomic mass is 16.5. The third-order valence-electron chi connectivity index (χ3n) is 2.04. The summed E-state index contributed by atoms with van der Waals surface area (Å²) in [6.45, 7) is 3.63. The van der Waals surface area contributed by atoms with Crippen molar-refractivity contribution in [3.63, 3.8) is 0 Å². The molecule has 1 unspecified atom stereocenters. The topological polar surface area (TPSA) is 67.8 Å². The molecule has 5 heteroatoms. The first-order valence-corrected chi connectivity index (χ1v) is 5.74. The lowest BCUT2D eigenvalue weighted by molar-refractivity contribution is -0.142. The van der Waals surface area contributed by atoms with Gasteiger partial charge in [0.1, 0.15) is 0 Å². The molecule has 0 aromatic heterocycles. The Morgan fingerprint density at radius 1 is 1.50 bits per heavy atom. The highest BCUT2D eigenvalue weighted by Crippen LogP contribution is 1.91. The largest absolute Gasteiger partial charge is 0.465 e. The molecule has 0 aromatic rings. The van der Waals surface area contributed by atoms with Crippen LogP contribution in [0.5, 0.6) is 0 Å². The van der Waals surface area contributed by atoms with E-state index < -0.39 is 6.10 Å². The summed E-state index contributed by atoms with van der Waals surface area (Å²) in [5.41, 5.74) is 0. The predicted molar refractivity (Wildman–Crippen MR) is 61.2 cm³/mol. The molecule has 0 rings (SSSR count). The van der Waals surface area contributed by atoms with Crippen LogP contribution in [0.1, 0.15) is 26.2 Å². The van der Waals surface area contributed by atoms with Crippen LogP contribution in [-0.4, -0.2) is 50.6 Å². The number of methoxy groups -OCH3 is 1. The molecular weight excluding hydrogens is 210 g/mol. The number of unbranched alkanes of at least 4 members (excludes halogenated alkanes) is 1. The smallest absolute Gasteiger partial charge is 0.319 e. The fourth-order valence-corrected chi connectivity index (χ4v) is 1.12. The Morgan fingerprint density at radius 3 is 2.88 bits per heavy atom. The van der Waals surface area contributed by atoms with Gasteiger partial charge in [-0.3, -0.25) is 4.79 Å². The Bertz CT molecular complexity index is 175. The van der Waals surface area contributed by atoms with Gasteiger partial charge in [0.25, 0.3) is 0 Å². The molecule has 0 heterocycles. The lowest BCUT2D eigenvalue weighted by atomic mass is 10.2. The van der Waals surface area contributed by atoms with Crippen LogP contribution in [0.15, 0.2) is 0 Å². The first-order valence-electron chi connectivity index (χ1n) is 5.74. The highest BCUT2D eigenvalue weighted by Gasteiger charge is 2.04. The van der Waals surface area contributed by atoms with E-state index in [0.29, 0.717) is 26.2 Å². The average molecular weight is 233 g/mol. The fraction of sp³-hybridized carbons (Fsp3) is 0.909. The predicted octanol–water partition coefficient (Wildman–Crippen LogP) is 0.317. The van der Waals surface area contributed by atoms with E-state index in [1.54, 1.807) is 7.11 Å². The number of hydrogen-bond donors (Lipinski definition) is 2. The number of nitrogens with one attached hydrogen (secondary N) is 1. The summed E-state index contributed by atoms with van der Waals surface area (Å²) in [5.74, 6) is -0.241. The summed E-state index contributed by atoms with van der Waals surface area (Å²) < 4.78 is 9.73. The molecule has 0 radical (unpaired) electrons. The Balaban J connectivity index is 3.27. The zero-order valence-corrected chi connectivity index (χ0v) is 10.2. The molecule has 5 nitrogen and oxygen atoms in total. The SMILES string of the molecule is CCCCOC(=O)CNCCC(O)COC. The van der Waals surface area contributed by atoms with Crippen LogP contribution in [0.4, 0.5) is 0 Å². The Hall–Kier alpha value is -0.650. The number of aliphatic hydroxyl groups excluding tert-OH is 1. The van der Waals surface area contributed by atoms with Crippen molar-refractivity contribution >= 4 is 5.97 Å². The molecule has 96 valence electrons. The number of esters is 1. The van der Waals surface area contributed by atoms with Crippen molar-refractivity contribution in [2.45, 2.75) is 32.3 Å². The van der Waals surface area contributed by atoms with Gasteiger partial charge in [0.05, 0.1) is 25.9 Å². The second kappa shape index (κ2) is 10.9. The summed E-state index contributed by atoms with van der Waals surface area (Å²) in [7, 11) is 1.54. The van der Waals surface area contributed by atoms with E-state index >= 15 is 0 Å². The van der Waals surface area contributed by atoms with Gasteiger partial charge in [0.15, 0.2) is 0 Å². The van der Waals surface area contributed by atoms with Crippen LogP contribution >= 0.6 is 0 Å². The van der Waals surface area contributed by atoms with Gasteiger partial charge < -0.3 is 19.9 Å². The first kappa shape index (κ1) is 15.3. The molecule has 0 bridgehead atoms. The van der Waals surface area contributed by atoms with E-state index in [1.165, 1.54) is 0 Å². The molecule has 0 aromatic carbocycles. The molecule has 0 aliphatic rings. The van der Waals surface area contributed by atoms with E-state index in [2.05, 4.69) is 5.32 Å². The van der Waals surface area contributed by atoms with Crippen LogP contribution in [-0.2, 0) is 14.3 Å². The summed E-state index contributed by atoms with van der Waals surface area (Å²) in [6, 6.07) is 0. The highest BCUT2D eigenvalue weighted by molar-refractivity contribution is 5.71. The van der Waals surface area contributed by atoms with Gasteiger partial charge in [-0.1, -0.05) is 13.3 Å². The number of rotatable bonds is 10. The Labute approximate surface area is 97.1 Å². The van der Waals surface area contributed by atoms with Gasteiger partial charge >= 0.3 is 5.97 Å². The summed E-state index contributed by atoms with van der Waals surface area (Å²) in [6.07, 6.45) is 2.01. The summed E-state index contributed by atoms with van der Waals surface area (Å²) in [4.78, 5) is 11.1. The van der Waals surface area contributed by atoms with Crippen molar-refractivity contribution in [3.8, 4) is 0 Å². The van der Waals surface area contributed by atoms with Gasteiger partial charge in [0.2, 0.25) is 0 Å². The number of carbonyl (C=O) groups is 1. The van der Waals surface area contributed by atoms with Crippen LogP contribution in [0.25, 0.3) is 0 Å². The van der Waals surface area contributed by atoms with Gasteiger partial charge in [-0.15, -0.1) is 0 Å². The second-order valence-corrected chi connectivity index (χ2v) is 3.65. The van der Waals surface area contributed by atoms with Gasteiger partial charge in [-0.25, -0.2) is 0 Å². The normalized spacial score (nSPS) is 12.4. The quantitative estimate of drug-likeness (QED) is 0.420. The first-order chi connectivity index (χ1) is 7.70. The van der Waals surface area contributed by atoms with Crippen LogP contribution in [0, 0.1) is 0 Å². The average Bonchev–Trinajstić information content (AvgIpc) is 2.25. The molecule has 0 amide bonds. The van der Waals surface area contributed by atoms with Crippen LogP contribution in [0.3, 0.4) is 0 Å². The molecule has 0 fully saturated rings. The van der Waals surface area contributed by atoms with E-state index in [0.717, 1.165) is 12.8 Å². The van der Waals surface area contributed by atoms with E-state index in [4.69, 9.17) is 9.47 Å². The molecule has 16 heavy (non-hydrogen) atoms. The van der Waals surface area contributed by atoms with Crippen molar-refractivity contribution in [1.82, 2.24) is 5.32 Å². The minimum Gasteiger partial charge on any atom is -0.465 e.